The first-order chi connectivity index (χ1) is 23.7. The van der Waals surface area contributed by atoms with E-state index in [1.807, 2.05) is 11.1 Å². The largest absolute Gasteiger partial charge is 0.504 e. The molecule has 2 atom stereocenters. The number of hydrogen-bond acceptors (Lipinski definition) is 10. The number of carbonyl (C=O) groups is 2. The Bertz CT molecular complexity index is 2210. The Labute approximate surface area is 286 Å². The van der Waals surface area contributed by atoms with Crippen LogP contribution in [-0.4, -0.2) is 70.6 Å². The molecule has 0 unspecified atom stereocenters. The normalized spacial score (nSPS) is 20.6. The molecule has 1 saturated carbocycles. The van der Waals surface area contributed by atoms with Crippen LogP contribution in [-0.2, 0) is 27.9 Å². The van der Waals surface area contributed by atoms with E-state index in [4.69, 9.17) is 16.3 Å². The molecule has 4 aliphatic rings. The molecule has 14 nitrogen and oxygen atoms in total. The second-order valence-corrected chi connectivity index (χ2v) is 13.4. The SMILES string of the molecule is Cc1ncnc(C(=O)N2CCC3(CC2)O[C@H](C)c2c3c(=O)n3nc(N4C=C5C[C@@H]5C4)nc3n2CC(=O)Nc2ccc(C(F)(F)F)cc2Cl)c1O. The number of amides is 2. The Balaban J connectivity index is 1.15. The number of rotatable bonds is 5. The first-order valence-corrected chi connectivity index (χ1v) is 16.3. The average molecular weight is 712 g/mol. The third-order valence-electron chi connectivity index (χ3n) is 9.80. The maximum absolute atomic E-state index is 14.3. The quantitative estimate of drug-likeness (QED) is 0.310. The van der Waals surface area contributed by atoms with Crippen LogP contribution in [0.5, 0.6) is 5.75 Å². The molecule has 1 saturated heterocycles. The van der Waals surface area contributed by atoms with Gasteiger partial charge in [0, 0.05) is 31.8 Å². The molecule has 2 fully saturated rings. The van der Waals surface area contributed by atoms with Crippen LogP contribution in [0.3, 0.4) is 0 Å². The second kappa shape index (κ2) is 11.2. The van der Waals surface area contributed by atoms with E-state index in [1.54, 1.807) is 18.4 Å². The number of carbonyl (C=O) groups excluding carboxylic acids is 2. The van der Waals surface area contributed by atoms with Gasteiger partial charge in [0.05, 0.1) is 39.3 Å². The number of nitrogens with one attached hydrogen (secondary N) is 1. The van der Waals surface area contributed by atoms with Crippen molar-refractivity contribution in [1.29, 1.82) is 0 Å². The summed E-state index contributed by atoms with van der Waals surface area (Å²) in [6, 6.07) is 2.63. The number of benzene rings is 1. The van der Waals surface area contributed by atoms with Crippen LogP contribution in [0.4, 0.5) is 24.8 Å². The highest BCUT2D eigenvalue weighted by atomic mass is 35.5. The lowest BCUT2D eigenvalue weighted by Crippen LogP contribution is -2.47. The molecule has 50 heavy (non-hydrogen) atoms. The lowest BCUT2D eigenvalue weighted by Gasteiger charge is -2.39. The number of piperidine rings is 1. The summed E-state index contributed by atoms with van der Waals surface area (Å²) in [6.07, 6.45) is -0.703. The third kappa shape index (κ3) is 5.17. The summed E-state index contributed by atoms with van der Waals surface area (Å²) in [7, 11) is 0. The number of likely N-dealkylation sites (tertiary alicyclic amines) is 1. The number of ether oxygens (including phenoxy) is 1. The number of aromatic hydroxyl groups is 1. The number of anilines is 2. The Morgan fingerprint density at radius 2 is 1.96 bits per heavy atom. The van der Waals surface area contributed by atoms with Crippen molar-refractivity contribution in [2.75, 3.05) is 29.9 Å². The highest BCUT2D eigenvalue weighted by Gasteiger charge is 2.51. The van der Waals surface area contributed by atoms with Gasteiger partial charge in [-0.25, -0.2) is 9.97 Å². The van der Waals surface area contributed by atoms with Crippen molar-refractivity contribution in [2.45, 2.75) is 57.5 Å². The molecule has 1 spiro atoms. The van der Waals surface area contributed by atoms with Crippen molar-refractivity contribution >= 4 is 40.8 Å². The lowest BCUT2D eigenvalue weighted by molar-refractivity contribution is -0.137. The molecule has 8 rings (SSSR count). The molecular weight excluding hydrogens is 683 g/mol. The smallest absolute Gasteiger partial charge is 0.416 e. The van der Waals surface area contributed by atoms with Crippen molar-refractivity contribution in [2.24, 2.45) is 5.92 Å². The van der Waals surface area contributed by atoms with Crippen molar-refractivity contribution in [1.82, 2.24) is 34.0 Å². The lowest BCUT2D eigenvalue weighted by atomic mass is 9.85. The molecule has 2 N–H and O–H groups in total. The summed E-state index contributed by atoms with van der Waals surface area (Å²) in [4.78, 5) is 57.2. The molecular formula is C32H29ClF3N9O5. The van der Waals surface area contributed by atoms with E-state index >= 15 is 0 Å². The number of nitrogens with zero attached hydrogens (tertiary/aromatic N) is 8. The Morgan fingerprint density at radius 3 is 2.64 bits per heavy atom. The second-order valence-electron chi connectivity index (χ2n) is 13.0. The van der Waals surface area contributed by atoms with Crippen molar-refractivity contribution in [3.05, 3.63) is 79.9 Å². The number of fused-ring (bicyclic) bond motifs is 4. The van der Waals surface area contributed by atoms with Crippen molar-refractivity contribution < 1.29 is 32.6 Å². The van der Waals surface area contributed by atoms with Crippen LogP contribution in [0.25, 0.3) is 5.78 Å². The highest BCUT2D eigenvalue weighted by Crippen LogP contribution is 2.49. The first kappa shape index (κ1) is 32.2. The van der Waals surface area contributed by atoms with Crippen LogP contribution in [0.15, 0.2) is 41.1 Å². The fourth-order valence-corrected chi connectivity index (χ4v) is 7.41. The molecule has 3 aliphatic heterocycles. The summed E-state index contributed by atoms with van der Waals surface area (Å²) in [5.74, 6) is -0.633. The highest BCUT2D eigenvalue weighted by molar-refractivity contribution is 6.33. The standard InChI is InChI=1S/C32H29ClF3N9O5/c1-15-26(47)24(38-14-37-15)28(49)42-7-5-31(6-8-42)23-25(16(2)50-31)44(13-22(46)39-21-4-3-19(10-20(21)33)32(34,35)36)30-40-29(41-45(30)27(23)48)43-11-17-9-18(17)12-43/h3-4,10-11,14,16,18,47H,5-9,12-13H2,1-2H3,(H,39,46)/t16-,18-/m1/s1. The summed E-state index contributed by atoms with van der Waals surface area (Å²) in [5, 5.41) is 17.3. The van der Waals surface area contributed by atoms with Gasteiger partial charge in [-0.3, -0.25) is 14.4 Å². The fraction of sp³-hybridized carbons (Fsp3) is 0.406. The maximum Gasteiger partial charge on any atom is 0.416 e. The van der Waals surface area contributed by atoms with E-state index in [-0.39, 0.29) is 71.1 Å². The van der Waals surface area contributed by atoms with Gasteiger partial charge in [-0.1, -0.05) is 11.6 Å². The first-order valence-electron chi connectivity index (χ1n) is 15.9. The fourth-order valence-electron chi connectivity index (χ4n) is 7.18. The van der Waals surface area contributed by atoms with Gasteiger partial charge >= 0.3 is 6.18 Å². The number of aryl methyl sites for hydroxylation is 1. The van der Waals surface area contributed by atoms with Crippen molar-refractivity contribution in [3.63, 3.8) is 0 Å². The van der Waals surface area contributed by atoms with Gasteiger partial charge in [-0.05, 0) is 56.9 Å². The maximum atomic E-state index is 14.3. The van der Waals surface area contributed by atoms with E-state index in [0.717, 1.165) is 29.1 Å². The van der Waals surface area contributed by atoms with Crippen LogP contribution in [0.2, 0.25) is 5.02 Å². The zero-order chi connectivity index (χ0) is 35.3. The predicted octanol–water partition coefficient (Wildman–Crippen LogP) is 3.95. The van der Waals surface area contributed by atoms with Gasteiger partial charge in [0.2, 0.25) is 11.7 Å². The monoisotopic (exact) mass is 711 g/mol. The van der Waals surface area contributed by atoms with Gasteiger partial charge in [0.15, 0.2) is 11.4 Å². The van der Waals surface area contributed by atoms with Crippen LogP contribution in [0, 0.1) is 12.8 Å². The van der Waals surface area contributed by atoms with Gasteiger partial charge in [-0.2, -0.15) is 22.7 Å². The average Bonchev–Trinajstić information content (AvgIpc) is 3.36. The van der Waals surface area contributed by atoms with Gasteiger partial charge in [-0.15, -0.1) is 5.10 Å². The van der Waals surface area contributed by atoms with Crippen LogP contribution < -0.4 is 15.8 Å². The summed E-state index contributed by atoms with van der Waals surface area (Å²) in [5.41, 5.74) is -0.497. The zero-order valence-corrected chi connectivity index (χ0v) is 27.4. The van der Waals surface area contributed by atoms with E-state index in [2.05, 4.69) is 25.4 Å². The number of alkyl halides is 3. The topological polar surface area (TPSA) is 160 Å². The van der Waals surface area contributed by atoms with E-state index < -0.39 is 47.4 Å². The Kier molecular flexibility index (Phi) is 7.24. The molecule has 6 heterocycles. The van der Waals surface area contributed by atoms with E-state index in [9.17, 15) is 32.7 Å². The van der Waals surface area contributed by atoms with Crippen LogP contribution in [0.1, 0.15) is 65.3 Å². The molecule has 260 valence electrons. The predicted molar refractivity (Wildman–Crippen MR) is 171 cm³/mol. The van der Waals surface area contributed by atoms with Gasteiger partial charge in [0.1, 0.15) is 18.5 Å². The number of hydrogen-bond donors (Lipinski definition) is 2. The molecule has 18 heteroatoms. The third-order valence-corrected chi connectivity index (χ3v) is 10.1. The van der Waals surface area contributed by atoms with E-state index in [0.29, 0.717) is 18.2 Å². The Morgan fingerprint density at radius 1 is 1.20 bits per heavy atom. The van der Waals surface area contributed by atoms with Crippen LogP contribution >= 0.6 is 11.6 Å². The van der Waals surface area contributed by atoms with Gasteiger partial charge < -0.3 is 29.5 Å². The van der Waals surface area contributed by atoms with Crippen molar-refractivity contribution in [3.8, 4) is 5.75 Å². The minimum atomic E-state index is -4.61. The summed E-state index contributed by atoms with van der Waals surface area (Å²) < 4.78 is 48.9. The number of aromatic nitrogens is 6. The van der Waals surface area contributed by atoms with Gasteiger partial charge in [0.25, 0.3) is 17.4 Å². The minimum Gasteiger partial charge on any atom is -0.504 e. The molecule has 3 aromatic heterocycles. The molecule has 1 aliphatic carbocycles. The molecule has 1 aromatic carbocycles. The molecule has 0 radical (unpaired) electrons. The van der Waals surface area contributed by atoms with E-state index in [1.165, 1.54) is 16.8 Å². The zero-order valence-electron chi connectivity index (χ0n) is 26.7. The Hall–Kier alpha value is -5.03. The molecule has 4 aromatic rings. The molecule has 0 bridgehead atoms. The summed E-state index contributed by atoms with van der Waals surface area (Å²) in [6.45, 7) is 3.92. The number of halogens is 4. The minimum absolute atomic E-state index is 0.0221. The summed E-state index contributed by atoms with van der Waals surface area (Å²) >= 11 is 6.12. The molecule has 2 amide bonds.